The van der Waals surface area contributed by atoms with E-state index >= 15 is 0 Å². The molecular weight excluding hydrogens is 142 g/mol. The number of nitrogens with one attached hydrogen (secondary N) is 1. The molecule has 0 bridgehead atoms. The van der Waals surface area contributed by atoms with Crippen molar-refractivity contribution >= 4 is 0 Å². The van der Waals surface area contributed by atoms with E-state index in [0.717, 1.165) is 12.5 Å². The van der Waals surface area contributed by atoms with E-state index in [9.17, 15) is 5.11 Å². The largest absolute Gasteiger partial charge is 0.389 e. The summed E-state index contributed by atoms with van der Waals surface area (Å²) in [5.41, 5.74) is 0. The van der Waals surface area contributed by atoms with E-state index in [1.165, 1.54) is 12.8 Å². The van der Waals surface area contributed by atoms with Gasteiger partial charge in [0.2, 0.25) is 0 Å². The number of rotatable bonds is 6. The van der Waals surface area contributed by atoms with Crippen LogP contribution in [0.25, 0.3) is 0 Å². The van der Waals surface area contributed by atoms with Crippen LogP contribution in [0.2, 0.25) is 0 Å². The molecule has 0 spiro atoms. The molecule has 1 atom stereocenters. The molecule has 0 heterocycles. The summed E-state index contributed by atoms with van der Waals surface area (Å²) < 4.78 is 5.28. The summed E-state index contributed by atoms with van der Waals surface area (Å²) in [4.78, 5) is 0. The van der Waals surface area contributed by atoms with Crippen LogP contribution in [0.5, 0.6) is 0 Å². The van der Waals surface area contributed by atoms with Gasteiger partial charge in [0.15, 0.2) is 0 Å². The van der Waals surface area contributed by atoms with Gasteiger partial charge < -0.3 is 15.2 Å². The molecule has 0 saturated heterocycles. The van der Waals surface area contributed by atoms with Crippen molar-refractivity contribution < 1.29 is 9.84 Å². The van der Waals surface area contributed by atoms with Crippen LogP contribution < -0.4 is 5.32 Å². The molecule has 3 heteroatoms. The van der Waals surface area contributed by atoms with Crippen LogP contribution in [0.3, 0.4) is 0 Å². The molecule has 0 aliphatic heterocycles. The Kier molecular flexibility index (Phi) is 3.83. The van der Waals surface area contributed by atoms with Gasteiger partial charge in [-0.2, -0.15) is 0 Å². The second-order valence-electron chi connectivity index (χ2n) is 3.19. The number of ether oxygens (including phenoxy) is 1. The van der Waals surface area contributed by atoms with Crippen molar-refractivity contribution in [3.63, 3.8) is 0 Å². The molecule has 0 aromatic rings. The molecule has 1 aliphatic rings. The van der Waals surface area contributed by atoms with Gasteiger partial charge in [-0.3, -0.25) is 0 Å². The Morgan fingerprint density at radius 2 is 2.36 bits per heavy atom. The monoisotopic (exact) mass is 159 g/mol. The summed E-state index contributed by atoms with van der Waals surface area (Å²) in [6.45, 7) is 1.92. The molecule has 66 valence electrons. The summed E-state index contributed by atoms with van der Waals surface area (Å²) in [6.07, 6.45) is 2.27. The molecule has 11 heavy (non-hydrogen) atoms. The van der Waals surface area contributed by atoms with E-state index in [2.05, 4.69) is 5.32 Å². The molecule has 0 radical (unpaired) electrons. The van der Waals surface area contributed by atoms with Crippen LogP contribution in [0, 0.1) is 5.92 Å². The van der Waals surface area contributed by atoms with Crippen molar-refractivity contribution in [3.8, 4) is 0 Å². The lowest BCUT2D eigenvalue weighted by Gasteiger charge is -2.09. The van der Waals surface area contributed by atoms with E-state index in [4.69, 9.17) is 4.74 Å². The highest BCUT2D eigenvalue weighted by atomic mass is 16.5. The predicted molar refractivity (Wildman–Crippen MR) is 43.5 cm³/mol. The number of aliphatic hydroxyl groups is 1. The van der Waals surface area contributed by atoms with Crippen molar-refractivity contribution in [1.82, 2.24) is 5.32 Å². The first-order valence-corrected chi connectivity index (χ1v) is 4.23. The molecule has 0 amide bonds. The Balaban J connectivity index is 1.84. The van der Waals surface area contributed by atoms with Crippen molar-refractivity contribution in [2.45, 2.75) is 18.9 Å². The van der Waals surface area contributed by atoms with Crippen molar-refractivity contribution in [2.75, 3.05) is 26.8 Å². The first kappa shape index (κ1) is 8.97. The summed E-state index contributed by atoms with van der Waals surface area (Å²) in [7, 11) is 1.82. The maximum absolute atomic E-state index is 9.19. The summed E-state index contributed by atoms with van der Waals surface area (Å²) in [6, 6.07) is 0. The third kappa shape index (κ3) is 4.35. The Bertz CT molecular complexity index is 104. The highest BCUT2D eigenvalue weighted by molar-refractivity contribution is 4.72. The average molecular weight is 159 g/mol. The maximum atomic E-state index is 9.19. The van der Waals surface area contributed by atoms with Crippen LogP contribution in [-0.2, 0) is 4.74 Å². The van der Waals surface area contributed by atoms with E-state index < -0.39 is 0 Å². The lowest BCUT2D eigenvalue weighted by atomic mass is 10.4. The van der Waals surface area contributed by atoms with Gasteiger partial charge >= 0.3 is 0 Å². The molecule has 1 saturated carbocycles. The maximum Gasteiger partial charge on any atom is 0.0897 e. The number of likely N-dealkylation sites (N-methyl/N-ethyl adjacent to an activating group) is 1. The number of hydrogen-bond acceptors (Lipinski definition) is 3. The first-order chi connectivity index (χ1) is 5.33. The van der Waals surface area contributed by atoms with Gasteiger partial charge in [0.1, 0.15) is 0 Å². The van der Waals surface area contributed by atoms with Gasteiger partial charge in [0.05, 0.1) is 12.7 Å². The van der Waals surface area contributed by atoms with Gasteiger partial charge in [-0.15, -0.1) is 0 Å². The molecule has 1 unspecified atom stereocenters. The fraction of sp³-hybridized carbons (Fsp3) is 1.00. The van der Waals surface area contributed by atoms with Gasteiger partial charge in [0.25, 0.3) is 0 Å². The summed E-state index contributed by atoms with van der Waals surface area (Å²) in [5, 5.41) is 12.1. The third-order valence-corrected chi connectivity index (χ3v) is 1.80. The van der Waals surface area contributed by atoms with Crippen molar-refractivity contribution in [2.24, 2.45) is 5.92 Å². The zero-order valence-electron chi connectivity index (χ0n) is 7.05. The molecule has 1 aliphatic carbocycles. The lowest BCUT2D eigenvalue weighted by molar-refractivity contribution is 0.0334. The minimum atomic E-state index is -0.348. The second kappa shape index (κ2) is 4.70. The topological polar surface area (TPSA) is 41.5 Å². The molecule has 1 rings (SSSR count). The van der Waals surface area contributed by atoms with Gasteiger partial charge in [-0.1, -0.05) is 0 Å². The van der Waals surface area contributed by atoms with E-state index in [1.807, 2.05) is 7.05 Å². The fourth-order valence-electron chi connectivity index (χ4n) is 0.950. The molecule has 2 N–H and O–H groups in total. The van der Waals surface area contributed by atoms with E-state index in [-0.39, 0.29) is 6.10 Å². The molecule has 1 fully saturated rings. The summed E-state index contributed by atoms with van der Waals surface area (Å²) in [5.74, 6) is 0.789. The molecular formula is C8H17NO2. The van der Waals surface area contributed by atoms with Crippen LogP contribution in [0.1, 0.15) is 12.8 Å². The zero-order valence-corrected chi connectivity index (χ0v) is 7.05. The van der Waals surface area contributed by atoms with Gasteiger partial charge in [-0.05, 0) is 25.8 Å². The van der Waals surface area contributed by atoms with Gasteiger partial charge in [-0.25, -0.2) is 0 Å². The number of hydrogen-bond donors (Lipinski definition) is 2. The quantitative estimate of drug-likeness (QED) is 0.573. The SMILES string of the molecule is CNCC(O)COCC1CC1. The molecule has 3 nitrogen and oxygen atoms in total. The zero-order chi connectivity index (χ0) is 8.10. The van der Waals surface area contributed by atoms with E-state index in [1.54, 1.807) is 0 Å². The third-order valence-electron chi connectivity index (χ3n) is 1.80. The Labute approximate surface area is 67.7 Å². The number of aliphatic hydroxyl groups excluding tert-OH is 1. The highest BCUT2D eigenvalue weighted by Gasteiger charge is 2.21. The van der Waals surface area contributed by atoms with Crippen LogP contribution in [-0.4, -0.2) is 38.0 Å². The molecule has 0 aromatic carbocycles. The predicted octanol–water partition coefficient (Wildman–Crippen LogP) is -0.00670. The smallest absolute Gasteiger partial charge is 0.0897 e. The van der Waals surface area contributed by atoms with Gasteiger partial charge in [0, 0.05) is 13.2 Å². The van der Waals surface area contributed by atoms with Crippen molar-refractivity contribution in [1.29, 1.82) is 0 Å². The minimum Gasteiger partial charge on any atom is -0.389 e. The summed E-state index contributed by atoms with van der Waals surface area (Å²) >= 11 is 0. The van der Waals surface area contributed by atoms with Crippen LogP contribution >= 0.6 is 0 Å². The normalized spacial score (nSPS) is 20.2. The van der Waals surface area contributed by atoms with Crippen LogP contribution in [0.4, 0.5) is 0 Å². The Morgan fingerprint density at radius 3 is 2.91 bits per heavy atom. The Hall–Kier alpha value is -0.120. The second-order valence-corrected chi connectivity index (χ2v) is 3.19. The standard InChI is InChI=1S/C8H17NO2/c1-9-4-8(10)6-11-5-7-2-3-7/h7-10H,2-6H2,1H3. The minimum absolute atomic E-state index is 0.348. The van der Waals surface area contributed by atoms with E-state index in [0.29, 0.717) is 13.2 Å². The highest BCUT2D eigenvalue weighted by Crippen LogP contribution is 2.28. The fourth-order valence-corrected chi connectivity index (χ4v) is 0.950. The van der Waals surface area contributed by atoms with Crippen LogP contribution in [0.15, 0.2) is 0 Å². The van der Waals surface area contributed by atoms with Crippen molar-refractivity contribution in [3.05, 3.63) is 0 Å². The lowest BCUT2D eigenvalue weighted by Crippen LogP contribution is -2.28. The molecule has 0 aromatic heterocycles. The first-order valence-electron chi connectivity index (χ1n) is 4.23. The average Bonchev–Trinajstić information content (AvgIpc) is 2.72. The Morgan fingerprint density at radius 1 is 1.64 bits per heavy atom.